The lowest BCUT2D eigenvalue weighted by Gasteiger charge is -2.45. The van der Waals surface area contributed by atoms with Crippen LogP contribution in [0.1, 0.15) is 133 Å². The minimum Gasteiger partial charge on any atom is -0.508 e. The molecule has 12 aromatic carbocycles. The fourth-order valence-electron chi connectivity index (χ4n) is 16.1. The Bertz CT molecular complexity index is 6620. The molecule has 0 bridgehead atoms. The third-order valence-corrected chi connectivity index (χ3v) is 22.1. The molecule has 128 heavy (non-hydrogen) atoms. The van der Waals surface area contributed by atoms with Crippen LogP contribution in [0.15, 0.2) is 146 Å². The lowest BCUT2D eigenvalue weighted by molar-refractivity contribution is -0.0345. The number of rotatable bonds is 15. The van der Waals surface area contributed by atoms with E-state index in [9.17, 15) is 153 Å². The highest BCUT2D eigenvalue weighted by Crippen LogP contribution is 2.68. The highest BCUT2D eigenvalue weighted by Gasteiger charge is 2.56. The highest BCUT2D eigenvalue weighted by atomic mass is 16.6. The van der Waals surface area contributed by atoms with Crippen molar-refractivity contribution in [3.05, 3.63) is 223 Å². The van der Waals surface area contributed by atoms with E-state index >= 15 is 9.59 Å². The summed E-state index contributed by atoms with van der Waals surface area (Å²) in [6, 6.07) is 18.3. The molecule has 0 amide bonds. The van der Waals surface area contributed by atoms with Gasteiger partial charge in [0, 0.05) is 92.7 Å². The molecule has 40 nitrogen and oxygen atoms in total. The normalized spacial score (nSPS) is 18.9. The van der Waals surface area contributed by atoms with Gasteiger partial charge in [0.1, 0.15) is 81.2 Å². The predicted molar refractivity (Wildman–Crippen MR) is 424 cm³/mol. The molecule has 0 spiro atoms. The fourth-order valence-corrected chi connectivity index (χ4v) is 16.1. The molecule has 0 radical (unpaired) electrons. The van der Waals surface area contributed by atoms with Crippen LogP contribution in [0.3, 0.4) is 0 Å². The Balaban J connectivity index is 1.06. The van der Waals surface area contributed by atoms with E-state index in [1.807, 2.05) is 0 Å². The highest BCUT2D eigenvalue weighted by molar-refractivity contribution is 5.96. The van der Waals surface area contributed by atoms with Crippen LogP contribution in [0.25, 0.3) is 11.1 Å². The summed E-state index contributed by atoms with van der Waals surface area (Å²) < 4.78 is 52.3. The Labute approximate surface area is 713 Å². The van der Waals surface area contributed by atoms with E-state index in [1.165, 1.54) is 0 Å². The van der Waals surface area contributed by atoms with Gasteiger partial charge in [-0.1, -0.05) is 24.3 Å². The van der Waals surface area contributed by atoms with Crippen molar-refractivity contribution >= 4 is 23.9 Å². The van der Waals surface area contributed by atoms with Crippen molar-refractivity contribution in [2.45, 2.75) is 73.5 Å². The van der Waals surface area contributed by atoms with Gasteiger partial charge in [-0.05, 0) is 97.1 Å². The predicted octanol–water partition coefficient (Wildman–Crippen LogP) is 9.90. The molecule has 10 atom stereocenters. The minimum atomic E-state index is -2.70. The van der Waals surface area contributed by atoms with Crippen LogP contribution < -0.4 is 18.9 Å². The van der Waals surface area contributed by atoms with Crippen molar-refractivity contribution in [1.82, 2.24) is 0 Å². The molecular weight excluding hydrogens is 1700 g/mol. The number of phenolic OH excluding ortho intramolecular Hbond substituents is 28. The summed E-state index contributed by atoms with van der Waals surface area (Å²) in [6.45, 7) is 0. The number of aromatic hydroxyl groups is 28. The maximum absolute atomic E-state index is 15.7. The molecule has 40 heteroatoms. The molecule has 12 aromatic rings. The lowest BCUT2D eigenvalue weighted by Crippen LogP contribution is -2.42. The Morgan fingerprint density at radius 2 is 0.547 bits per heavy atom. The van der Waals surface area contributed by atoms with Crippen LogP contribution in [0.5, 0.6) is 184 Å². The lowest BCUT2D eigenvalue weighted by atomic mass is 9.72. The monoisotopic (exact) mass is 1760 g/mol. The topological polar surface area (TPSA) is 709 Å². The first-order valence-electron chi connectivity index (χ1n) is 37.6. The smallest absolute Gasteiger partial charge is 0.338 e. The molecule has 6 unspecified atom stereocenters. The first-order valence-corrected chi connectivity index (χ1v) is 37.6. The van der Waals surface area contributed by atoms with E-state index in [2.05, 4.69) is 0 Å². The Morgan fingerprint density at radius 3 is 0.914 bits per heavy atom. The van der Waals surface area contributed by atoms with Gasteiger partial charge >= 0.3 is 23.9 Å². The van der Waals surface area contributed by atoms with E-state index in [1.54, 1.807) is 0 Å². The maximum atomic E-state index is 15.7. The largest absolute Gasteiger partial charge is 0.508 e. The summed E-state index contributed by atoms with van der Waals surface area (Å²) in [7, 11) is 0. The van der Waals surface area contributed by atoms with Crippen LogP contribution in [0, 0.1) is 0 Å². The standard InChI is InChI=1S/C88H66O40/c89-35-21-48(100)62-59(22-35)121-78(29-3-7-40(92)46(98)11-29)83(127-87(119)33-17-55(107)72(113)56(108)18-33)65(62)68-74(115)67(64-50(102)26-43(95)37-24-61(123-86(118)32-15-53(105)71(112)54(106)16-32)77(125-81(37)64)28-2-6-39(91)45(97)10-28)75(116)69-66(84(128-88(120)34-19-57(109)73(114)58(110)20-34)79(126-82(68)69)30-4-8-41(93)47(99)12-30)63-49(101)25-42(94)36-23-60(122-85(117)31-13-51(103)70(111)52(104)14-31)76(124-80(36)63)27-1-5-38(90)44(96)9-27/h1-22,25-26,60-61,65-66,76-79,83-84,89-116H,23-24H2/t60?,61?,65?,66?,76-,77-,78-,79-,83?,84?/m1/s1. The van der Waals surface area contributed by atoms with E-state index in [0.717, 1.165) is 78.9 Å². The van der Waals surface area contributed by atoms with Gasteiger partial charge < -0.3 is 181 Å². The zero-order chi connectivity index (χ0) is 91.8. The summed E-state index contributed by atoms with van der Waals surface area (Å²) in [4.78, 5) is 60.1. The number of hydrogen-bond donors (Lipinski definition) is 28. The maximum Gasteiger partial charge on any atom is 0.338 e. The van der Waals surface area contributed by atoms with Crippen molar-refractivity contribution in [3.8, 4) is 195 Å². The third kappa shape index (κ3) is 14.3. The third-order valence-electron chi connectivity index (χ3n) is 22.1. The van der Waals surface area contributed by atoms with Crippen LogP contribution >= 0.6 is 0 Å². The van der Waals surface area contributed by atoms with Crippen molar-refractivity contribution in [3.63, 3.8) is 0 Å². The average Bonchev–Trinajstić information content (AvgIpc) is 0.693. The van der Waals surface area contributed by atoms with Gasteiger partial charge in [-0.3, -0.25) is 0 Å². The molecular formula is C88H66O40. The Kier molecular flexibility index (Phi) is 20.4. The summed E-state index contributed by atoms with van der Waals surface area (Å²) in [6.07, 6.45) is -19.6. The summed E-state index contributed by atoms with van der Waals surface area (Å²) in [5.41, 5.74) is -12.3. The summed E-state index contributed by atoms with van der Waals surface area (Å²) in [5, 5.41) is 322. The van der Waals surface area contributed by atoms with Gasteiger partial charge in [0.2, 0.25) is 0 Å². The zero-order valence-electron chi connectivity index (χ0n) is 64.5. The molecule has 28 N–H and O–H groups in total. The van der Waals surface area contributed by atoms with E-state index < -0.39 is 359 Å². The Morgan fingerprint density at radius 1 is 0.242 bits per heavy atom. The van der Waals surface area contributed by atoms with Gasteiger partial charge in [-0.15, -0.1) is 0 Å². The molecule has 0 fully saturated rings. The van der Waals surface area contributed by atoms with Crippen molar-refractivity contribution in [2.75, 3.05) is 0 Å². The average molecular weight is 1760 g/mol. The molecule has 16 rings (SSSR count). The SMILES string of the molecule is O=C(OC1Cc2c(O)cc(O)c(-c3c(O)c(C4c5c(O)cc(O)cc5O[C@H](c5ccc(O)c(O)c5)C4OC(=O)c4cc(O)c(O)c(O)c4)c4c(c3O)C(c3c(O)cc(O)c5c3O[C@H](c3ccc(O)c(O)c3)C(OC(=O)c3cc(O)c(O)c(O)c3)C5)C(OC(=O)c3cc(O)c(O)c(O)c3)[C@@H](c3ccc(O)c(O)c3)O4)c2O[C@@H]1c1ccc(O)c(O)c1)c1cc(O)c(O)c(O)c1. The number of carbonyl (C=O) groups is 4. The molecule has 0 saturated carbocycles. The van der Waals surface area contributed by atoms with Crippen molar-refractivity contribution in [2.24, 2.45) is 0 Å². The zero-order valence-corrected chi connectivity index (χ0v) is 64.5. The molecule has 4 aliphatic rings. The van der Waals surface area contributed by atoms with Gasteiger partial charge in [0.15, 0.2) is 152 Å². The van der Waals surface area contributed by atoms with Crippen LogP contribution in [-0.2, 0) is 31.8 Å². The second kappa shape index (κ2) is 31.2. The summed E-state index contributed by atoms with van der Waals surface area (Å²) >= 11 is 0. The molecule has 0 aromatic heterocycles. The van der Waals surface area contributed by atoms with Crippen LogP contribution in [-0.4, -0.2) is 191 Å². The molecule has 4 heterocycles. The van der Waals surface area contributed by atoms with Gasteiger partial charge in [-0.2, -0.15) is 0 Å². The van der Waals surface area contributed by atoms with Crippen LogP contribution in [0.4, 0.5) is 0 Å². The second-order valence-corrected chi connectivity index (χ2v) is 29.9. The van der Waals surface area contributed by atoms with Crippen LogP contribution in [0.2, 0.25) is 0 Å². The quantitative estimate of drug-likeness (QED) is 0.0258. The van der Waals surface area contributed by atoms with Crippen molar-refractivity contribution in [1.29, 1.82) is 0 Å². The number of phenols is 28. The number of fused-ring (bicyclic) bond motifs is 4. The fraction of sp³-hybridized carbons (Fsp3) is 0.136. The number of ether oxygens (including phenoxy) is 8. The minimum absolute atomic E-state index is 0.304. The first-order chi connectivity index (χ1) is 60.6. The molecule has 0 aliphatic carbocycles. The number of esters is 4. The van der Waals surface area contributed by atoms with Gasteiger partial charge in [0.25, 0.3) is 0 Å². The molecule has 658 valence electrons. The number of carbonyl (C=O) groups excluding carboxylic acids is 4. The number of benzene rings is 12. The van der Waals surface area contributed by atoms with E-state index in [0.29, 0.717) is 66.7 Å². The summed E-state index contributed by atoms with van der Waals surface area (Å²) in [5.74, 6) is -45.9. The van der Waals surface area contributed by atoms with E-state index in [4.69, 9.17) is 37.9 Å². The van der Waals surface area contributed by atoms with Gasteiger partial charge in [0.05, 0.1) is 45.2 Å². The molecule has 4 aliphatic heterocycles. The van der Waals surface area contributed by atoms with Crippen molar-refractivity contribution < 1.29 is 200 Å². The van der Waals surface area contributed by atoms with E-state index in [-0.39, 0.29) is 11.1 Å². The number of hydrogen-bond acceptors (Lipinski definition) is 40. The van der Waals surface area contributed by atoms with Gasteiger partial charge in [-0.25, -0.2) is 19.2 Å². The first kappa shape index (κ1) is 83.8. The second-order valence-electron chi connectivity index (χ2n) is 29.9. The Hall–Kier alpha value is -17.9. The molecule has 0 saturated heterocycles.